The van der Waals surface area contributed by atoms with E-state index in [4.69, 9.17) is 0 Å². The maximum Gasteiger partial charge on any atom is 0.310 e. The van der Waals surface area contributed by atoms with Gasteiger partial charge in [0.1, 0.15) is 0 Å². The summed E-state index contributed by atoms with van der Waals surface area (Å²) in [6, 6.07) is 9.57. The molecule has 0 fully saturated rings. The first-order valence-electron chi connectivity index (χ1n) is 6.10. The van der Waals surface area contributed by atoms with E-state index >= 15 is 0 Å². The number of nitrogens with zero attached hydrogens (tertiary/aromatic N) is 1. The van der Waals surface area contributed by atoms with E-state index in [2.05, 4.69) is 4.74 Å². The van der Waals surface area contributed by atoms with E-state index in [-0.39, 0.29) is 17.8 Å². The summed E-state index contributed by atoms with van der Waals surface area (Å²) < 4.78 is 4.63. The lowest BCUT2D eigenvalue weighted by molar-refractivity contribution is -0.145. The molecule has 19 heavy (non-hydrogen) atoms. The normalized spacial score (nSPS) is 12.2. The van der Waals surface area contributed by atoms with Crippen molar-refractivity contribution < 1.29 is 14.3 Å². The number of methoxy groups -OCH3 is 1. The summed E-state index contributed by atoms with van der Waals surface area (Å²) in [5, 5.41) is 0. The van der Waals surface area contributed by atoms with Gasteiger partial charge in [0.2, 0.25) is 5.91 Å². The molecule has 0 aliphatic carbocycles. The van der Waals surface area contributed by atoms with Crippen molar-refractivity contribution in [3.8, 4) is 0 Å². The summed E-state index contributed by atoms with van der Waals surface area (Å²) in [6.07, 6.45) is 3.25. The van der Waals surface area contributed by atoms with E-state index < -0.39 is 0 Å². The molecule has 1 amide bonds. The second-order valence-corrected chi connectivity index (χ2v) is 4.39. The molecule has 0 saturated heterocycles. The Labute approximate surface area is 113 Å². The van der Waals surface area contributed by atoms with E-state index in [0.717, 1.165) is 5.56 Å². The minimum atomic E-state index is -0.330. The van der Waals surface area contributed by atoms with Gasteiger partial charge in [-0.05, 0) is 11.6 Å². The molecular formula is C15H19NO3. The molecule has 0 aromatic heterocycles. The van der Waals surface area contributed by atoms with E-state index in [9.17, 15) is 9.59 Å². The van der Waals surface area contributed by atoms with Crippen LogP contribution in [0.3, 0.4) is 0 Å². The SMILES string of the molecule is COC(=O)C(C)CN(C)C(=O)/C=C/c1ccccc1. The first kappa shape index (κ1) is 15.0. The molecule has 1 unspecified atom stereocenters. The molecule has 4 nitrogen and oxygen atoms in total. The average molecular weight is 261 g/mol. The van der Waals surface area contributed by atoms with Gasteiger partial charge >= 0.3 is 5.97 Å². The van der Waals surface area contributed by atoms with Gasteiger partial charge in [-0.1, -0.05) is 37.3 Å². The smallest absolute Gasteiger partial charge is 0.310 e. The van der Waals surface area contributed by atoms with Gasteiger partial charge in [0, 0.05) is 19.7 Å². The van der Waals surface area contributed by atoms with Crippen LogP contribution in [0.25, 0.3) is 6.08 Å². The largest absolute Gasteiger partial charge is 0.469 e. The molecule has 0 spiro atoms. The van der Waals surface area contributed by atoms with Crippen LogP contribution in [0, 0.1) is 5.92 Å². The van der Waals surface area contributed by atoms with Crippen molar-refractivity contribution in [1.82, 2.24) is 4.90 Å². The van der Waals surface area contributed by atoms with Crippen molar-refractivity contribution in [2.24, 2.45) is 5.92 Å². The molecule has 4 heteroatoms. The molecular weight excluding hydrogens is 242 g/mol. The van der Waals surface area contributed by atoms with Crippen molar-refractivity contribution in [2.75, 3.05) is 20.7 Å². The number of rotatable bonds is 5. The number of likely N-dealkylation sites (N-methyl/N-ethyl adjacent to an activating group) is 1. The molecule has 1 aromatic carbocycles. The standard InChI is InChI=1S/C15H19NO3/c1-12(15(18)19-3)11-16(2)14(17)10-9-13-7-5-4-6-8-13/h4-10,12H,11H2,1-3H3/b10-9+. The predicted molar refractivity (Wildman–Crippen MR) is 74.3 cm³/mol. The average Bonchev–Trinajstić information content (AvgIpc) is 2.44. The Balaban J connectivity index is 2.54. The molecule has 1 rings (SSSR count). The summed E-state index contributed by atoms with van der Waals surface area (Å²) in [5.41, 5.74) is 0.963. The van der Waals surface area contributed by atoms with Crippen LogP contribution in [0.5, 0.6) is 0 Å². The van der Waals surface area contributed by atoms with Crippen molar-refractivity contribution in [3.05, 3.63) is 42.0 Å². The zero-order chi connectivity index (χ0) is 14.3. The number of benzene rings is 1. The molecule has 0 aliphatic rings. The highest BCUT2D eigenvalue weighted by Gasteiger charge is 2.17. The third kappa shape index (κ3) is 4.95. The molecule has 102 valence electrons. The Morgan fingerprint density at radius 2 is 1.95 bits per heavy atom. The number of carbonyl (C=O) groups is 2. The van der Waals surface area contributed by atoms with E-state index in [0.29, 0.717) is 6.54 Å². The third-order valence-electron chi connectivity index (χ3n) is 2.75. The van der Waals surface area contributed by atoms with Gasteiger partial charge in [-0.25, -0.2) is 0 Å². The van der Waals surface area contributed by atoms with Gasteiger partial charge < -0.3 is 9.64 Å². The Morgan fingerprint density at radius 1 is 1.32 bits per heavy atom. The second kappa shape index (κ2) is 7.36. The van der Waals surface area contributed by atoms with E-state index in [1.54, 1.807) is 20.0 Å². The first-order valence-corrected chi connectivity index (χ1v) is 6.10. The lowest BCUT2D eigenvalue weighted by atomic mass is 10.1. The van der Waals surface area contributed by atoms with E-state index in [1.807, 2.05) is 30.3 Å². The molecule has 1 atom stereocenters. The summed E-state index contributed by atoms with van der Waals surface area (Å²) in [7, 11) is 3.01. The van der Waals surface area contributed by atoms with E-state index in [1.165, 1.54) is 18.1 Å². The lowest BCUT2D eigenvalue weighted by Crippen LogP contribution is -2.33. The summed E-state index contributed by atoms with van der Waals surface area (Å²) in [6.45, 7) is 2.07. The zero-order valence-corrected chi connectivity index (χ0v) is 11.5. The Morgan fingerprint density at radius 3 is 2.53 bits per heavy atom. The maximum absolute atomic E-state index is 11.8. The molecule has 0 radical (unpaired) electrons. The van der Waals surface area contributed by atoms with Crippen LogP contribution in [-0.4, -0.2) is 37.5 Å². The fraction of sp³-hybridized carbons (Fsp3) is 0.333. The molecule has 0 aliphatic heterocycles. The highest BCUT2D eigenvalue weighted by atomic mass is 16.5. The quantitative estimate of drug-likeness (QED) is 0.601. The first-order chi connectivity index (χ1) is 9.04. The van der Waals surface area contributed by atoms with Crippen molar-refractivity contribution in [2.45, 2.75) is 6.92 Å². The Bertz CT molecular complexity index is 454. The summed E-state index contributed by atoms with van der Waals surface area (Å²) in [5.74, 6) is -0.782. The molecule has 0 saturated carbocycles. The van der Waals surface area contributed by atoms with Gasteiger partial charge in [-0.2, -0.15) is 0 Å². The number of carbonyl (C=O) groups excluding carboxylic acids is 2. The number of hydrogen-bond donors (Lipinski definition) is 0. The van der Waals surface area contributed by atoms with Crippen LogP contribution < -0.4 is 0 Å². The van der Waals surface area contributed by atoms with Gasteiger partial charge in [-0.15, -0.1) is 0 Å². The monoisotopic (exact) mass is 261 g/mol. The van der Waals surface area contributed by atoms with Crippen LogP contribution in [0.1, 0.15) is 12.5 Å². The number of hydrogen-bond acceptors (Lipinski definition) is 3. The fourth-order valence-corrected chi connectivity index (χ4v) is 1.64. The minimum absolute atomic E-state index is 0.139. The summed E-state index contributed by atoms with van der Waals surface area (Å²) in [4.78, 5) is 24.6. The zero-order valence-electron chi connectivity index (χ0n) is 11.5. The topological polar surface area (TPSA) is 46.6 Å². The third-order valence-corrected chi connectivity index (χ3v) is 2.75. The fourth-order valence-electron chi connectivity index (χ4n) is 1.64. The van der Waals surface area contributed by atoms with Crippen LogP contribution in [0.4, 0.5) is 0 Å². The van der Waals surface area contributed by atoms with Gasteiger partial charge in [0.05, 0.1) is 13.0 Å². The minimum Gasteiger partial charge on any atom is -0.469 e. The molecule has 0 bridgehead atoms. The molecule has 0 heterocycles. The Hall–Kier alpha value is -2.10. The number of amides is 1. The number of esters is 1. The number of ether oxygens (including phenoxy) is 1. The maximum atomic E-state index is 11.8. The van der Waals surface area contributed by atoms with Gasteiger partial charge in [0.25, 0.3) is 0 Å². The van der Waals surface area contributed by atoms with Crippen molar-refractivity contribution >= 4 is 18.0 Å². The second-order valence-electron chi connectivity index (χ2n) is 4.39. The van der Waals surface area contributed by atoms with Crippen LogP contribution in [0.15, 0.2) is 36.4 Å². The highest BCUT2D eigenvalue weighted by Crippen LogP contribution is 2.04. The highest BCUT2D eigenvalue weighted by molar-refractivity contribution is 5.91. The predicted octanol–water partition coefficient (Wildman–Crippen LogP) is 1.97. The molecule has 0 N–H and O–H groups in total. The molecule has 1 aromatic rings. The van der Waals surface area contributed by atoms with Crippen LogP contribution in [0.2, 0.25) is 0 Å². The summed E-state index contributed by atoms with van der Waals surface area (Å²) >= 11 is 0. The van der Waals surface area contributed by atoms with Gasteiger partial charge in [0.15, 0.2) is 0 Å². The van der Waals surface area contributed by atoms with Gasteiger partial charge in [-0.3, -0.25) is 9.59 Å². The van der Waals surface area contributed by atoms with Crippen LogP contribution in [-0.2, 0) is 14.3 Å². The van der Waals surface area contributed by atoms with Crippen LogP contribution >= 0.6 is 0 Å². The van der Waals surface area contributed by atoms with Crippen molar-refractivity contribution in [3.63, 3.8) is 0 Å². The van der Waals surface area contributed by atoms with Crippen molar-refractivity contribution in [1.29, 1.82) is 0 Å². The lowest BCUT2D eigenvalue weighted by Gasteiger charge is -2.18. The Kier molecular flexibility index (Phi) is 5.79.